The number of oxime groups is 1. The topological polar surface area (TPSA) is 78.9 Å². The van der Waals surface area contributed by atoms with Crippen molar-refractivity contribution in [1.29, 1.82) is 0 Å². The van der Waals surface area contributed by atoms with Crippen molar-refractivity contribution in [1.82, 2.24) is 4.90 Å². The Hall–Kier alpha value is -1.26. The summed E-state index contributed by atoms with van der Waals surface area (Å²) in [7, 11) is 0. The maximum atomic E-state index is 12.3. The molecule has 0 radical (unpaired) electrons. The first-order valence-corrected chi connectivity index (χ1v) is 6.49. The zero-order valence-electron chi connectivity index (χ0n) is 10.1. The second-order valence-corrected chi connectivity index (χ2v) is 5.09. The largest absolute Gasteiger partial charge is 0.409 e. The highest BCUT2D eigenvalue weighted by molar-refractivity contribution is 5.82. The van der Waals surface area contributed by atoms with E-state index in [9.17, 15) is 4.79 Å². The van der Waals surface area contributed by atoms with Crippen molar-refractivity contribution < 1.29 is 10.0 Å². The van der Waals surface area contributed by atoms with Crippen LogP contribution in [0.1, 0.15) is 44.9 Å². The van der Waals surface area contributed by atoms with Crippen molar-refractivity contribution in [2.45, 2.75) is 51.0 Å². The van der Waals surface area contributed by atoms with E-state index in [0.717, 1.165) is 25.7 Å². The van der Waals surface area contributed by atoms with Crippen molar-refractivity contribution in [3.8, 4) is 0 Å². The van der Waals surface area contributed by atoms with Crippen molar-refractivity contribution in [2.75, 3.05) is 6.54 Å². The molecule has 0 heterocycles. The Balaban J connectivity index is 1.89. The van der Waals surface area contributed by atoms with Gasteiger partial charge in [0.2, 0.25) is 5.91 Å². The summed E-state index contributed by atoms with van der Waals surface area (Å²) in [5, 5.41) is 11.5. The monoisotopic (exact) mass is 239 g/mol. The smallest absolute Gasteiger partial charge is 0.225 e. The molecule has 96 valence electrons. The third-order valence-corrected chi connectivity index (χ3v) is 3.71. The van der Waals surface area contributed by atoms with E-state index >= 15 is 0 Å². The molecule has 2 aliphatic rings. The standard InChI is InChI=1S/C12H21N3O2/c13-11(14-17)7-8-15(10-5-6-10)12(16)9-3-1-2-4-9/h9-10,17H,1-8H2,(H2,13,14). The Morgan fingerprint density at radius 1 is 1.29 bits per heavy atom. The fourth-order valence-corrected chi connectivity index (χ4v) is 2.55. The number of amidine groups is 1. The number of hydrogen-bond acceptors (Lipinski definition) is 3. The summed E-state index contributed by atoms with van der Waals surface area (Å²) in [6, 6.07) is 0.412. The average molecular weight is 239 g/mol. The third-order valence-electron chi connectivity index (χ3n) is 3.71. The van der Waals surface area contributed by atoms with Gasteiger partial charge in [0.25, 0.3) is 0 Å². The number of hydrogen-bond donors (Lipinski definition) is 2. The van der Waals surface area contributed by atoms with E-state index in [1.54, 1.807) is 0 Å². The molecule has 0 aromatic heterocycles. The Morgan fingerprint density at radius 2 is 1.94 bits per heavy atom. The van der Waals surface area contributed by atoms with Gasteiger partial charge in [-0.3, -0.25) is 4.79 Å². The minimum Gasteiger partial charge on any atom is -0.409 e. The molecule has 5 nitrogen and oxygen atoms in total. The minimum atomic E-state index is 0.204. The van der Waals surface area contributed by atoms with Gasteiger partial charge in [-0.2, -0.15) is 0 Å². The van der Waals surface area contributed by atoms with Gasteiger partial charge in [-0.05, 0) is 25.7 Å². The summed E-state index contributed by atoms with van der Waals surface area (Å²) in [5.41, 5.74) is 5.46. The van der Waals surface area contributed by atoms with Gasteiger partial charge in [0.05, 0.1) is 0 Å². The molecule has 0 saturated heterocycles. The van der Waals surface area contributed by atoms with Crippen LogP contribution < -0.4 is 5.73 Å². The van der Waals surface area contributed by atoms with Gasteiger partial charge >= 0.3 is 0 Å². The molecule has 0 spiro atoms. The van der Waals surface area contributed by atoms with Gasteiger partial charge < -0.3 is 15.8 Å². The van der Waals surface area contributed by atoms with E-state index < -0.39 is 0 Å². The number of rotatable bonds is 5. The Morgan fingerprint density at radius 3 is 2.47 bits per heavy atom. The van der Waals surface area contributed by atoms with E-state index in [2.05, 4.69) is 5.16 Å². The van der Waals surface area contributed by atoms with Crippen LogP contribution >= 0.6 is 0 Å². The predicted molar refractivity (Wildman–Crippen MR) is 64.7 cm³/mol. The lowest BCUT2D eigenvalue weighted by molar-refractivity contribution is -0.135. The highest BCUT2D eigenvalue weighted by atomic mass is 16.4. The van der Waals surface area contributed by atoms with Crippen LogP contribution in [-0.4, -0.2) is 34.4 Å². The quantitative estimate of drug-likeness (QED) is 0.328. The number of amides is 1. The molecule has 0 bridgehead atoms. The molecule has 1 amide bonds. The second-order valence-electron chi connectivity index (χ2n) is 5.09. The fourth-order valence-electron chi connectivity index (χ4n) is 2.55. The molecule has 0 atom stereocenters. The molecule has 2 aliphatic carbocycles. The lowest BCUT2D eigenvalue weighted by Crippen LogP contribution is -2.39. The molecule has 2 rings (SSSR count). The van der Waals surface area contributed by atoms with Crippen molar-refractivity contribution >= 4 is 11.7 Å². The minimum absolute atomic E-state index is 0.204. The lowest BCUT2D eigenvalue weighted by atomic mass is 10.1. The molecular formula is C12H21N3O2. The number of carbonyl (C=O) groups is 1. The molecule has 2 saturated carbocycles. The summed E-state index contributed by atoms with van der Waals surface area (Å²) in [5.74, 6) is 0.716. The second kappa shape index (κ2) is 5.38. The van der Waals surface area contributed by atoms with Crippen LogP contribution in [0.4, 0.5) is 0 Å². The van der Waals surface area contributed by atoms with Gasteiger partial charge in [-0.1, -0.05) is 18.0 Å². The van der Waals surface area contributed by atoms with Crippen LogP contribution in [0.3, 0.4) is 0 Å². The van der Waals surface area contributed by atoms with Crippen LogP contribution in [0.25, 0.3) is 0 Å². The number of carbonyl (C=O) groups excluding carboxylic acids is 1. The zero-order valence-corrected chi connectivity index (χ0v) is 10.1. The van der Waals surface area contributed by atoms with E-state index in [1.165, 1.54) is 12.8 Å². The summed E-state index contributed by atoms with van der Waals surface area (Å²) in [6.07, 6.45) is 7.09. The summed E-state index contributed by atoms with van der Waals surface area (Å²) < 4.78 is 0. The number of nitrogens with zero attached hydrogens (tertiary/aromatic N) is 2. The first-order chi connectivity index (χ1) is 8.22. The Kier molecular flexibility index (Phi) is 3.86. The molecule has 0 unspecified atom stereocenters. The van der Waals surface area contributed by atoms with Crippen LogP contribution in [0.5, 0.6) is 0 Å². The van der Waals surface area contributed by atoms with Crippen LogP contribution in [0.15, 0.2) is 5.16 Å². The average Bonchev–Trinajstić information content (AvgIpc) is 3.02. The maximum Gasteiger partial charge on any atom is 0.225 e. The van der Waals surface area contributed by atoms with Gasteiger partial charge in [0, 0.05) is 24.9 Å². The Labute approximate surface area is 102 Å². The zero-order chi connectivity index (χ0) is 12.3. The van der Waals surface area contributed by atoms with Gasteiger partial charge in [-0.15, -0.1) is 0 Å². The summed E-state index contributed by atoms with van der Waals surface area (Å²) in [4.78, 5) is 14.3. The molecule has 2 fully saturated rings. The van der Waals surface area contributed by atoms with Gasteiger partial charge in [-0.25, -0.2) is 0 Å². The van der Waals surface area contributed by atoms with Crippen LogP contribution in [0, 0.1) is 5.92 Å². The van der Waals surface area contributed by atoms with Gasteiger partial charge in [0.15, 0.2) is 0 Å². The molecule has 5 heteroatoms. The maximum absolute atomic E-state index is 12.3. The summed E-state index contributed by atoms with van der Waals surface area (Å²) >= 11 is 0. The SMILES string of the molecule is N/C(CCN(C(=O)C1CCCC1)C1CC1)=N/O. The van der Waals surface area contributed by atoms with E-state index in [-0.39, 0.29) is 17.7 Å². The number of nitrogens with two attached hydrogens (primary N) is 1. The van der Waals surface area contributed by atoms with Crippen molar-refractivity contribution in [3.63, 3.8) is 0 Å². The lowest BCUT2D eigenvalue weighted by Gasteiger charge is -2.25. The normalized spacial score (nSPS) is 21.8. The van der Waals surface area contributed by atoms with Crippen molar-refractivity contribution in [3.05, 3.63) is 0 Å². The third kappa shape index (κ3) is 3.11. The van der Waals surface area contributed by atoms with Gasteiger partial charge in [0.1, 0.15) is 5.84 Å². The molecule has 17 heavy (non-hydrogen) atoms. The summed E-state index contributed by atoms with van der Waals surface area (Å²) in [6.45, 7) is 0.593. The van der Waals surface area contributed by atoms with E-state index in [4.69, 9.17) is 10.9 Å². The van der Waals surface area contributed by atoms with Crippen LogP contribution in [0.2, 0.25) is 0 Å². The highest BCUT2D eigenvalue weighted by Crippen LogP contribution is 2.32. The first kappa shape index (κ1) is 12.2. The van der Waals surface area contributed by atoms with E-state index in [0.29, 0.717) is 19.0 Å². The first-order valence-electron chi connectivity index (χ1n) is 6.49. The van der Waals surface area contributed by atoms with Crippen LogP contribution in [-0.2, 0) is 4.79 Å². The molecule has 0 aromatic carbocycles. The molecular weight excluding hydrogens is 218 g/mol. The highest BCUT2D eigenvalue weighted by Gasteiger charge is 2.36. The van der Waals surface area contributed by atoms with Crippen molar-refractivity contribution in [2.24, 2.45) is 16.8 Å². The van der Waals surface area contributed by atoms with E-state index in [1.807, 2.05) is 4.90 Å². The molecule has 3 N–H and O–H groups in total. The molecule has 0 aliphatic heterocycles. The fraction of sp³-hybridized carbons (Fsp3) is 0.833. The predicted octanol–water partition coefficient (Wildman–Crippen LogP) is 1.30. The molecule has 0 aromatic rings. The Bertz CT molecular complexity index is 307.